The van der Waals surface area contributed by atoms with Crippen LogP contribution in [0.25, 0.3) is 0 Å². The van der Waals surface area contributed by atoms with E-state index in [9.17, 15) is 4.79 Å². The molecule has 0 N–H and O–H groups in total. The number of imidazole rings is 2. The van der Waals surface area contributed by atoms with Gasteiger partial charge in [-0.1, -0.05) is 20.8 Å². The van der Waals surface area contributed by atoms with Gasteiger partial charge in [0.1, 0.15) is 12.7 Å². The van der Waals surface area contributed by atoms with Gasteiger partial charge in [0.25, 0.3) is 0 Å². The van der Waals surface area contributed by atoms with E-state index in [2.05, 4.69) is 30.7 Å². The number of carbonyl (C=O) groups excluding carboxylic acids is 1. The summed E-state index contributed by atoms with van der Waals surface area (Å²) in [4.78, 5) is 20.0. The van der Waals surface area contributed by atoms with E-state index in [0.717, 1.165) is 12.1 Å². The highest BCUT2D eigenvalue weighted by Gasteiger charge is 2.15. The third kappa shape index (κ3) is 2.81. The second-order valence-electron chi connectivity index (χ2n) is 5.26. The van der Waals surface area contributed by atoms with Gasteiger partial charge in [0.2, 0.25) is 0 Å². The van der Waals surface area contributed by atoms with Crippen molar-refractivity contribution in [2.24, 2.45) is 5.41 Å². The van der Waals surface area contributed by atoms with Crippen molar-refractivity contribution >= 4 is 6.03 Å². The van der Waals surface area contributed by atoms with E-state index in [0.29, 0.717) is 0 Å². The average molecular weight is 232 g/mol. The molecule has 0 unspecified atom stereocenters. The molecule has 0 aliphatic heterocycles. The molecule has 0 fully saturated rings. The molecule has 5 heteroatoms. The molecule has 0 amide bonds. The van der Waals surface area contributed by atoms with Gasteiger partial charge in [-0.25, -0.2) is 14.8 Å². The molecule has 2 aromatic rings. The zero-order valence-corrected chi connectivity index (χ0v) is 10.3. The van der Waals surface area contributed by atoms with Crippen LogP contribution < -0.4 is 0 Å². The standard InChI is InChI=1S/C12H16N4O/c1-12(2,3)6-10-7-16(9-14-10)11(17)15-5-4-13-8-15/h4-5,7-9H,6H2,1-3H3. The summed E-state index contributed by atoms with van der Waals surface area (Å²) in [5.74, 6) is 0. The predicted octanol–water partition coefficient (Wildman–Crippen LogP) is 2.18. The molecule has 0 radical (unpaired) electrons. The van der Waals surface area contributed by atoms with Crippen LogP contribution in [0, 0.1) is 5.41 Å². The van der Waals surface area contributed by atoms with Crippen molar-refractivity contribution in [2.75, 3.05) is 0 Å². The summed E-state index contributed by atoms with van der Waals surface area (Å²) in [6.45, 7) is 6.43. The maximum Gasteiger partial charge on any atom is 0.338 e. The summed E-state index contributed by atoms with van der Waals surface area (Å²) in [6, 6.07) is -0.171. The first-order chi connectivity index (χ1) is 7.96. The molecule has 0 saturated heterocycles. The lowest BCUT2D eigenvalue weighted by atomic mass is 9.91. The zero-order valence-electron chi connectivity index (χ0n) is 10.3. The zero-order chi connectivity index (χ0) is 12.5. The molecule has 2 heterocycles. The minimum atomic E-state index is -0.171. The monoisotopic (exact) mass is 232 g/mol. The van der Waals surface area contributed by atoms with Crippen molar-refractivity contribution in [1.29, 1.82) is 0 Å². The van der Waals surface area contributed by atoms with Gasteiger partial charge >= 0.3 is 6.03 Å². The van der Waals surface area contributed by atoms with Gasteiger partial charge in [0.15, 0.2) is 0 Å². The Labute approximate surface area is 100 Å². The highest BCUT2D eigenvalue weighted by molar-refractivity contribution is 5.78. The quantitative estimate of drug-likeness (QED) is 0.757. The Bertz CT molecular complexity index is 505. The molecule has 0 bridgehead atoms. The SMILES string of the molecule is CC(C)(C)Cc1cn(C(=O)n2ccnc2)cn1. The van der Waals surface area contributed by atoms with Crippen LogP contribution in [0.2, 0.25) is 0 Å². The maximum atomic E-state index is 11.9. The minimum absolute atomic E-state index is 0.164. The Morgan fingerprint density at radius 2 is 2.06 bits per heavy atom. The summed E-state index contributed by atoms with van der Waals surface area (Å²) >= 11 is 0. The number of nitrogens with zero attached hydrogens (tertiary/aromatic N) is 4. The molecule has 0 aromatic carbocycles. The Hall–Kier alpha value is -1.91. The van der Waals surface area contributed by atoms with Gasteiger partial charge < -0.3 is 0 Å². The van der Waals surface area contributed by atoms with Crippen LogP contribution in [-0.2, 0) is 6.42 Å². The van der Waals surface area contributed by atoms with Crippen LogP contribution in [-0.4, -0.2) is 25.1 Å². The maximum absolute atomic E-state index is 11.9. The lowest BCUT2D eigenvalue weighted by Crippen LogP contribution is -2.16. The normalized spacial score (nSPS) is 11.7. The molecule has 2 rings (SSSR count). The summed E-state index contributed by atoms with van der Waals surface area (Å²) in [5.41, 5.74) is 1.09. The van der Waals surface area contributed by atoms with Crippen LogP contribution in [0.1, 0.15) is 26.5 Å². The topological polar surface area (TPSA) is 52.7 Å². The van der Waals surface area contributed by atoms with E-state index < -0.39 is 0 Å². The van der Waals surface area contributed by atoms with E-state index in [4.69, 9.17) is 0 Å². The molecule has 2 aromatic heterocycles. The second kappa shape index (κ2) is 4.16. The van der Waals surface area contributed by atoms with Gasteiger partial charge in [-0.3, -0.25) is 9.13 Å². The van der Waals surface area contributed by atoms with Crippen LogP contribution >= 0.6 is 0 Å². The summed E-state index contributed by atoms with van der Waals surface area (Å²) in [5, 5.41) is 0. The van der Waals surface area contributed by atoms with Crippen LogP contribution in [0.3, 0.4) is 0 Å². The van der Waals surface area contributed by atoms with Crippen molar-refractivity contribution in [3.63, 3.8) is 0 Å². The number of aromatic nitrogens is 4. The van der Waals surface area contributed by atoms with Crippen molar-refractivity contribution in [1.82, 2.24) is 19.1 Å². The molecule has 0 aliphatic carbocycles. The molecular weight excluding hydrogens is 216 g/mol. The van der Waals surface area contributed by atoms with E-state index in [1.165, 1.54) is 15.5 Å². The fourth-order valence-corrected chi connectivity index (χ4v) is 1.61. The molecule has 0 aliphatic rings. The number of rotatable bonds is 1. The largest absolute Gasteiger partial charge is 0.338 e. The molecule has 0 spiro atoms. The Morgan fingerprint density at radius 3 is 2.65 bits per heavy atom. The van der Waals surface area contributed by atoms with Crippen LogP contribution in [0.15, 0.2) is 31.2 Å². The van der Waals surface area contributed by atoms with Crippen molar-refractivity contribution < 1.29 is 4.79 Å². The smallest absolute Gasteiger partial charge is 0.257 e. The van der Waals surface area contributed by atoms with E-state index in [-0.39, 0.29) is 11.4 Å². The van der Waals surface area contributed by atoms with Crippen molar-refractivity contribution in [3.05, 3.63) is 36.9 Å². The Balaban J connectivity index is 2.16. The van der Waals surface area contributed by atoms with Gasteiger partial charge in [-0.15, -0.1) is 0 Å². The minimum Gasteiger partial charge on any atom is -0.257 e. The molecule has 17 heavy (non-hydrogen) atoms. The molecule has 0 saturated carbocycles. The number of carbonyl (C=O) groups is 1. The summed E-state index contributed by atoms with van der Waals surface area (Å²) in [7, 11) is 0. The fourth-order valence-electron chi connectivity index (χ4n) is 1.61. The highest BCUT2D eigenvalue weighted by atomic mass is 16.2. The van der Waals surface area contributed by atoms with E-state index >= 15 is 0 Å². The van der Waals surface area contributed by atoms with E-state index in [1.807, 2.05) is 0 Å². The average Bonchev–Trinajstić information content (AvgIpc) is 2.83. The van der Waals surface area contributed by atoms with Gasteiger partial charge in [-0.2, -0.15) is 0 Å². The fraction of sp³-hybridized carbons (Fsp3) is 0.417. The summed E-state index contributed by atoms with van der Waals surface area (Å²) < 4.78 is 2.89. The third-order valence-corrected chi connectivity index (χ3v) is 2.29. The predicted molar refractivity (Wildman–Crippen MR) is 63.8 cm³/mol. The van der Waals surface area contributed by atoms with Crippen molar-refractivity contribution in [3.8, 4) is 0 Å². The first kappa shape index (κ1) is 11.6. The van der Waals surface area contributed by atoms with E-state index in [1.54, 1.807) is 24.9 Å². The van der Waals surface area contributed by atoms with Crippen molar-refractivity contribution in [2.45, 2.75) is 27.2 Å². The first-order valence-electron chi connectivity index (χ1n) is 5.51. The van der Waals surface area contributed by atoms with Crippen LogP contribution in [0.5, 0.6) is 0 Å². The van der Waals surface area contributed by atoms with Gasteiger partial charge in [-0.05, 0) is 11.8 Å². The Kier molecular flexibility index (Phi) is 2.83. The van der Waals surface area contributed by atoms with Crippen LogP contribution in [0.4, 0.5) is 4.79 Å². The second-order valence-corrected chi connectivity index (χ2v) is 5.26. The Morgan fingerprint density at radius 1 is 1.29 bits per heavy atom. The lowest BCUT2D eigenvalue weighted by molar-refractivity contribution is 0.243. The first-order valence-corrected chi connectivity index (χ1v) is 5.51. The number of hydrogen-bond acceptors (Lipinski definition) is 3. The third-order valence-electron chi connectivity index (χ3n) is 2.29. The van der Waals surface area contributed by atoms with Gasteiger partial charge in [0, 0.05) is 18.6 Å². The number of hydrogen-bond donors (Lipinski definition) is 0. The van der Waals surface area contributed by atoms with Gasteiger partial charge in [0.05, 0.1) is 5.69 Å². The molecule has 5 nitrogen and oxygen atoms in total. The highest BCUT2D eigenvalue weighted by Crippen LogP contribution is 2.19. The molecule has 0 atom stereocenters. The molecular formula is C12H16N4O. The summed E-state index contributed by atoms with van der Waals surface area (Å²) in [6.07, 6.45) is 8.83. The lowest BCUT2D eigenvalue weighted by Gasteiger charge is -2.15. The molecule has 90 valence electrons.